The molecule has 0 saturated carbocycles. The van der Waals surface area contributed by atoms with Crippen molar-refractivity contribution in [3.8, 4) is 0 Å². The minimum Gasteiger partial charge on any atom is -0.444 e. The Labute approximate surface area is 108 Å². The Morgan fingerprint density at radius 1 is 1.44 bits per heavy atom. The van der Waals surface area contributed by atoms with Gasteiger partial charge in [-0.3, -0.25) is 5.32 Å². The smallest absolute Gasteiger partial charge is 0.414 e. The average Bonchev–Trinajstić information content (AvgIpc) is 2.12. The molecule has 1 amide bonds. The molecule has 5 nitrogen and oxygen atoms in total. The SMILES string of the molecule is CC(C)(C)OC(=O)Nc1nc(Cl)cc(C(F)F)n1. The summed E-state index contributed by atoms with van der Waals surface area (Å²) in [6, 6.07) is 0.923. The fraction of sp³-hybridized carbons (Fsp3) is 0.500. The first kappa shape index (κ1) is 14.6. The molecule has 1 rings (SSSR count). The Bertz CT molecular complexity index is 449. The number of carbonyl (C=O) groups is 1. The van der Waals surface area contributed by atoms with Gasteiger partial charge >= 0.3 is 6.09 Å². The molecular formula is C10H12ClF2N3O2. The molecule has 0 bridgehead atoms. The van der Waals surface area contributed by atoms with Gasteiger partial charge in [-0.15, -0.1) is 0 Å². The summed E-state index contributed by atoms with van der Waals surface area (Å²) < 4.78 is 29.8. The lowest BCUT2D eigenvalue weighted by molar-refractivity contribution is 0.0634. The Morgan fingerprint density at radius 2 is 2.06 bits per heavy atom. The van der Waals surface area contributed by atoms with E-state index in [0.717, 1.165) is 6.07 Å². The van der Waals surface area contributed by atoms with Crippen LogP contribution in [-0.4, -0.2) is 21.7 Å². The molecule has 0 unspecified atom stereocenters. The molecule has 8 heteroatoms. The normalized spacial score (nSPS) is 11.5. The van der Waals surface area contributed by atoms with Crippen LogP contribution >= 0.6 is 11.6 Å². The Morgan fingerprint density at radius 3 is 2.56 bits per heavy atom. The van der Waals surface area contributed by atoms with Gasteiger partial charge in [-0.25, -0.2) is 23.5 Å². The number of carbonyl (C=O) groups excluding carboxylic acids is 1. The number of hydrogen-bond donors (Lipinski definition) is 1. The highest BCUT2D eigenvalue weighted by molar-refractivity contribution is 6.29. The van der Waals surface area contributed by atoms with Crippen LogP contribution in [0.15, 0.2) is 6.07 Å². The molecule has 1 N–H and O–H groups in total. The van der Waals surface area contributed by atoms with E-state index in [2.05, 4.69) is 15.3 Å². The Kier molecular flexibility index (Phi) is 4.39. The molecule has 100 valence electrons. The third-order valence-corrected chi connectivity index (χ3v) is 1.74. The van der Waals surface area contributed by atoms with E-state index in [0.29, 0.717) is 0 Å². The zero-order valence-electron chi connectivity index (χ0n) is 10.00. The molecule has 0 aliphatic rings. The molecule has 18 heavy (non-hydrogen) atoms. The minimum atomic E-state index is -2.80. The highest BCUT2D eigenvalue weighted by Crippen LogP contribution is 2.20. The van der Waals surface area contributed by atoms with Crippen molar-refractivity contribution < 1.29 is 18.3 Å². The number of nitrogens with one attached hydrogen (secondary N) is 1. The van der Waals surface area contributed by atoms with Gasteiger partial charge in [-0.05, 0) is 20.8 Å². The van der Waals surface area contributed by atoms with Crippen molar-refractivity contribution in [2.24, 2.45) is 0 Å². The molecule has 0 atom stereocenters. The summed E-state index contributed by atoms with van der Waals surface area (Å²) in [4.78, 5) is 18.4. The highest BCUT2D eigenvalue weighted by Gasteiger charge is 2.18. The molecule has 1 heterocycles. The van der Waals surface area contributed by atoms with Crippen molar-refractivity contribution in [2.45, 2.75) is 32.8 Å². The third kappa shape index (κ3) is 4.79. The van der Waals surface area contributed by atoms with E-state index in [-0.39, 0.29) is 11.1 Å². The number of alkyl halides is 2. The van der Waals surface area contributed by atoms with Crippen molar-refractivity contribution in [1.82, 2.24) is 9.97 Å². The molecule has 1 aromatic rings. The maximum Gasteiger partial charge on any atom is 0.414 e. The zero-order chi connectivity index (χ0) is 13.9. The largest absolute Gasteiger partial charge is 0.444 e. The maximum atomic E-state index is 12.4. The highest BCUT2D eigenvalue weighted by atomic mass is 35.5. The predicted octanol–water partition coefficient (Wildman–Crippen LogP) is 3.41. The van der Waals surface area contributed by atoms with Gasteiger partial charge in [0.25, 0.3) is 6.43 Å². The van der Waals surface area contributed by atoms with E-state index in [9.17, 15) is 13.6 Å². The second kappa shape index (κ2) is 5.43. The summed E-state index contributed by atoms with van der Waals surface area (Å²) in [7, 11) is 0. The van der Waals surface area contributed by atoms with Crippen LogP contribution < -0.4 is 5.32 Å². The fourth-order valence-electron chi connectivity index (χ4n) is 0.998. The lowest BCUT2D eigenvalue weighted by Gasteiger charge is -2.19. The van der Waals surface area contributed by atoms with Crippen LogP contribution in [0.4, 0.5) is 19.5 Å². The number of rotatable bonds is 2. The quantitative estimate of drug-likeness (QED) is 0.843. The van der Waals surface area contributed by atoms with Gasteiger partial charge in [0, 0.05) is 6.07 Å². The van der Waals surface area contributed by atoms with E-state index in [1.165, 1.54) is 0 Å². The van der Waals surface area contributed by atoms with Crippen LogP contribution in [0.5, 0.6) is 0 Å². The van der Waals surface area contributed by atoms with Crippen molar-refractivity contribution in [3.05, 3.63) is 16.9 Å². The number of ether oxygens (including phenoxy) is 1. The second-order valence-corrected chi connectivity index (χ2v) is 4.75. The van der Waals surface area contributed by atoms with Gasteiger partial charge < -0.3 is 4.74 Å². The van der Waals surface area contributed by atoms with Gasteiger partial charge in [-0.1, -0.05) is 11.6 Å². The summed E-state index contributed by atoms with van der Waals surface area (Å²) >= 11 is 5.53. The van der Waals surface area contributed by atoms with Crippen LogP contribution in [0.25, 0.3) is 0 Å². The molecule has 0 aliphatic carbocycles. The van der Waals surface area contributed by atoms with E-state index >= 15 is 0 Å². The monoisotopic (exact) mass is 279 g/mol. The predicted molar refractivity (Wildman–Crippen MR) is 61.9 cm³/mol. The van der Waals surface area contributed by atoms with Crippen LogP contribution in [0.2, 0.25) is 5.15 Å². The molecule has 0 aromatic carbocycles. The third-order valence-electron chi connectivity index (χ3n) is 1.55. The number of halogens is 3. The molecule has 1 aromatic heterocycles. The summed E-state index contributed by atoms with van der Waals surface area (Å²) in [5.74, 6) is -0.327. The fourth-order valence-corrected chi connectivity index (χ4v) is 1.19. The van der Waals surface area contributed by atoms with Gasteiger partial charge in [0.15, 0.2) is 0 Å². The number of amides is 1. The first-order valence-corrected chi connectivity index (χ1v) is 5.38. The van der Waals surface area contributed by atoms with Crippen LogP contribution in [0.3, 0.4) is 0 Å². The summed E-state index contributed by atoms with van der Waals surface area (Å²) in [5.41, 5.74) is -1.28. The maximum absolute atomic E-state index is 12.4. The average molecular weight is 280 g/mol. The van der Waals surface area contributed by atoms with E-state index in [1.54, 1.807) is 20.8 Å². The molecule has 0 saturated heterocycles. The number of nitrogens with zero attached hydrogens (tertiary/aromatic N) is 2. The summed E-state index contributed by atoms with van der Waals surface area (Å²) in [5, 5.41) is 1.94. The van der Waals surface area contributed by atoms with E-state index in [4.69, 9.17) is 16.3 Å². The van der Waals surface area contributed by atoms with Crippen molar-refractivity contribution in [3.63, 3.8) is 0 Å². The lowest BCUT2D eigenvalue weighted by Crippen LogP contribution is -2.28. The minimum absolute atomic E-state index is 0.189. The molecule has 0 fully saturated rings. The van der Waals surface area contributed by atoms with Crippen LogP contribution in [0, 0.1) is 0 Å². The zero-order valence-corrected chi connectivity index (χ0v) is 10.8. The van der Waals surface area contributed by atoms with Gasteiger partial charge in [0.05, 0.1) is 0 Å². The summed E-state index contributed by atoms with van der Waals surface area (Å²) in [6.45, 7) is 4.99. The van der Waals surface area contributed by atoms with E-state index < -0.39 is 23.8 Å². The molecule has 0 aliphatic heterocycles. The van der Waals surface area contributed by atoms with Crippen molar-refractivity contribution in [2.75, 3.05) is 5.32 Å². The molecular weight excluding hydrogens is 268 g/mol. The first-order chi connectivity index (χ1) is 8.17. The number of hydrogen-bond acceptors (Lipinski definition) is 4. The molecule has 0 spiro atoms. The standard InChI is InChI=1S/C10H12ClF2N3O2/c1-10(2,3)18-9(17)16-8-14-5(7(12)13)4-6(11)15-8/h4,7H,1-3H3,(H,14,15,16,17). The van der Waals surface area contributed by atoms with Crippen molar-refractivity contribution >= 4 is 23.6 Å². The number of anilines is 1. The number of aromatic nitrogens is 2. The van der Waals surface area contributed by atoms with Gasteiger partial charge in [0.2, 0.25) is 5.95 Å². The van der Waals surface area contributed by atoms with Crippen LogP contribution in [0.1, 0.15) is 32.9 Å². The van der Waals surface area contributed by atoms with Gasteiger partial charge in [-0.2, -0.15) is 0 Å². The molecule has 0 radical (unpaired) electrons. The van der Waals surface area contributed by atoms with Crippen molar-refractivity contribution in [1.29, 1.82) is 0 Å². The Balaban J connectivity index is 2.82. The summed E-state index contributed by atoms with van der Waals surface area (Å²) in [6.07, 6.45) is -3.64. The van der Waals surface area contributed by atoms with E-state index in [1.807, 2.05) is 0 Å². The Hall–Kier alpha value is -1.50. The first-order valence-electron chi connectivity index (χ1n) is 5.00. The van der Waals surface area contributed by atoms with Crippen LogP contribution in [-0.2, 0) is 4.74 Å². The second-order valence-electron chi connectivity index (χ2n) is 4.37. The van der Waals surface area contributed by atoms with Gasteiger partial charge in [0.1, 0.15) is 16.4 Å². The topological polar surface area (TPSA) is 64.1 Å². The lowest BCUT2D eigenvalue weighted by atomic mass is 10.2.